The number of hydrogen-bond acceptors (Lipinski definition) is 4. The van der Waals surface area contributed by atoms with Crippen LogP contribution in [0.25, 0.3) is 0 Å². The summed E-state index contributed by atoms with van der Waals surface area (Å²) in [5, 5.41) is 4.22. The van der Waals surface area contributed by atoms with Crippen LogP contribution in [0.2, 0.25) is 0 Å². The van der Waals surface area contributed by atoms with Gasteiger partial charge in [-0.3, -0.25) is 16.0 Å². The number of nitrogens with two attached hydrogens (primary N) is 1. The molecule has 0 saturated heterocycles. The molecule has 0 aliphatic carbocycles. The Labute approximate surface area is 119 Å². The second-order valence-electron chi connectivity index (χ2n) is 4.82. The van der Waals surface area contributed by atoms with E-state index in [4.69, 9.17) is 10.6 Å². The average molecular weight is 274 g/mol. The molecule has 3 N–H and O–H groups in total. The SMILES string of the molecule is COc1cnn(C)c1C(CCCc1ccccc1)NN. The summed E-state index contributed by atoms with van der Waals surface area (Å²) in [7, 11) is 3.55. The van der Waals surface area contributed by atoms with Crippen molar-refractivity contribution in [1.82, 2.24) is 15.2 Å². The fourth-order valence-electron chi connectivity index (χ4n) is 2.44. The molecular weight excluding hydrogens is 252 g/mol. The van der Waals surface area contributed by atoms with E-state index in [-0.39, 0.29) is 6.04 Å². The predicted molar refractivity (Wildman–Crippen MR) is 79.2 cm³/mol. The van der Waals surface area contributed by atoms with Gasteiger partial charge < -0.3 is 4.74 Å². The second kappa shape index (κ2) is 7.07. The number of hydrazine groups is 1. The zero-order chi connectivity index (χ0) is 14.4. The molecule has 2 rings (SSSR count). The molecule has 0 radical (unpaired) electrons. The van der Waals surface area contributed by atoms with Crippen LogP contribution >= 0.6 is 0 Å². The first-order chi connectivity index (χ1) is 9.76. The van der Waals surface area contributed by atoms with Gasteiger partial charge in [-0.25, -0.2) is 0 Å². The Balaban J connectivity index is 1.97. The van der Waals surface area contributed by atoms with Crippen molar-refractivity contribution in [3.63, 3.8) is 0 Å². The van der Waals surface area contributed by atoms with Crippen LogP contribution in [0.1, 0.15) is 30.1 Å². The van der Waals surface area contributed by atoms with Crippen LogP contribution in [-0.4, -0.2) is 16.9 Å². The van der Waals surface area contributed by atoms with E-state index in [1.807, 2.05) is 17.8 Å². The van der Waals surface area contributed by atoms with E-state index in [2.05, 4.69) is 34.8 Å². The number of benzene rings is 1. The maximum atomic E-state index is 5.69. The Morgan fingerprint density at radius 2 is 2.10 bits per heavy atom. The molecule has 1 aromatic heterocycles. The Kier molecular flexibility index (Phi) is 5.15. The van der Waals surface area contributed by atoms with E-state index >= 15 is 0 Å². The largest absolute Gasteiger partial charge is 0.493 e. The van der Waals surface area contributed by atoms with Crippen molar-refractivity contribution in [3.05, 3.63) is 47.8 Å². The number of nitrogens with zero attached hydrogens (tertiary/aromatic N) is 2. The molecule has 0 fully saturated rings. The minimum Gasteiger partial charge on any atom is -0.493 e. The average Bonchev–Trinajstić information content (AvgIpc) is 2.86. The fraction of sp³-hybridized carbons (Fsp3) is 0.400. The third-order valence-corrected chi connectivity index (χ3v) is 3.50. The van der Waals surface area contributed by atoms with Crippen LogP contribution in [0.5, 0.6) is 5.75 Å². The van der Waals surface area contributed by atoms with Crippen molar-refractivity contribution < 1.29 is 4.74 Å². The second-order valence-corrected chi connectivity index (χ2v) is 4.82. The third-order valence-electron chi connectivity index (χ3n) is 3.50. The summed E-state index contributed by atoms with van der Waals surface area (Å²) in [5.41, 5.74) is 5.20. The molecule has 1 aromatic carbocycles. The number of aryl methyl sites for hydroxylation is 2. The molecule has 0 amide bonds. The summed E-state index contributed by atoms with van der Waals surface area (Å²) in [6, 6.07) is 10.5. The molecule has 5 heteroatoms. The fourth-order valence-corrected chi connectivity index (χ4v) is 2.44. The first kappa shape index (κ1) is 14.6. The van der Waals surface area contributed by atoms with Gasteiger partial charge in [0.25, 0.3) is 0 Å². The topological polar surface area (TPSA) is 65.1 Å². The highest BCUT2D eigenvalue weighted by atomic mass is 16.5. The number of rotatable bonds is 7. The summed E-state index contributed by atoms with van der Waals surface area (Å²) in [5.74, 6) is 6.46. The molecule has 2 aromatic rings. The number of hydrogen-bond donors (Lipinski definition) is 2. The number of nitrogens with one attached hydrogen (secondary N) is 1. The van der Waals surface area contributed by atoms with Crippen LogP contribution < -0.4 is 16.0 Å². The summed E-state index contributed by atoms with van der Waals surface area (Å²) in [6.45, 7) is 0. The molecule has 0 aliphatic rings. The van der Waals surface area contributed by atoms with Crippen LogP contribution in [0, 0.1) is 0 Å². The number of aromatic nitrogens is 2. The molecule has 108 valence electrons. The molecule has 1 heterocycles. The molecule has 0 bridgehead atoms. The van der Waals surface area contributed by atoms with E-state index in [0.717, 1.165) is 30.7 Å². The van der Waals surface area contributed by atoms with E-state index in [1.165, 1.54) is 5.56 Å². The van der Waals surface area contributed by atoms with Gasteiger partial charge in [-0.05, 0) is 24.8 Å². The Hall–Kier alpha value is -1.85. The molecule has 0 saturated carbocycles. The zero-order valence-electron chi connectivity index (χ0n) is 12.0. The van der Waals surface area contributed by atoms with Gasteiger partial charge in [0.05, 0.1) is 25.0 Å². The Morgan fingerprint density at radius 1 is 1.35 bits per heavy atom. The van der Waals surface area contributed by atoms with Crippen molar-refractivity contribution in [3.8, 4) is 5.75 Å². The maximum Gasteiger partial charge on any atom is 0.161 e. The summed E-state index contributed by atoms with van der Waals surface area (Å²) < 4.78 is 7.15. The maximum absolute atomic E-state index is 5.69. The monoisotopic (exact) mass is 274 g/mol. The van der Waals surface area contributed by atoms with Gasteiger partial charge in [0, 0.05) is 7.05 Å². The third kappa shape index (κ3) is 3.37. The standard InChI is InChI=1S/C15H22N4O/c1-19-15(14(20-2)11-17-19)13(18-16)10-6-9-12-7-4-3-5-8-12/h3-5,7-8,11,13,18H,6,9-10,16H2,1-2H3. The molecular formula is C15H22N4O. The van der Waals surface area contributed by atoms with Gasteiger partial charge in [0.15, 0.2) is 5.75 Å². The number of ether oxygens (including phenoxy) is 1. The predicted octanol–water partition coefficient (Wildman–Crippen LogP) is 1.96. The first-order valence-electron chi connectivity index (χ1n) is 6.82. The van der Waals surface area contributed by atoms with Crippen molar-refractivity contribution >= 4 is 0 Å². The van der Waals surface area contributed by atoms with Crippen LogP contribution in [0.3, 0.4) is 0 Å². The molecule has 1 atom stereocenters. The van der Waals surface area contributed by atoms with E-state index in [9.17, 15) is 0 Å². The number of methoxy groups -OCH3 is 1. The minimum atomic E-state index is 0.0427. The normalized spacial score (nSPS) is 12.3. The Morgan fingerprint density at radius 3 is 2.75 bits per heavy atom. The molecule has 0 spiro atoms. The molecule has 5 nitrogen and oxygen atoms in total. The highest BCUT2D eigenvalue weighted by Gasteiger charge is 2.19. The van der Waals surface area contributed by atoms with Gasteiger partial charge in [-0.15, -0.1) is 0 Å². The van der Waals surface area contributed by atoms with E-state index < -0.39 is 0 Å². The van der Waals surface area contributed by atoms with Gasteiger partial charge in [-0.2, -0.15) is 5.10 Å². The quantitative estimate of drug-likeness (QED) is 0.598. The van der Waals surface area contributed by atoms with Crippen molar-refractivity contribution in [2.24, 2.45) is 12.9 Å². The smallest absolute Gasteiger partial charge is 0.161 e. The van der Waals surface area contributed by atoms with Crippen LogP contribution in [0.15, 0.2) is 36.5 Å². The highest BCUT2D eigenvalue weighted by molar-refractivity contribution is 5.28. The lowest BCUT2D eigenvalue weighted by Gasteiger charge is -2.17. The first-order valence-corrected chi connectivity index (χ1v) is 6.82. The van der Waals surface area contributed by atoms with Crippen molar-refractivity contribution in [2.45, 2.75) is 25.3 Å². The van der Waals surface area contributed by atoms with Crippen molar-refractivity contribution in [2.75, 3.05) is 7.11 Å². The van der Waals surface area contributed by atoms with Gasteiger partial charge in [0.1, 0.15) is 0 Å². The minimum absolute atomic E-state index is 0.0427. The summed E-state index contributed by atoms with van der Waals surface area (Å²) >= 11 is 0. The van der Waals surface area contributed by atoms with Crippen LogP contribution in [-0.2, 0) is 13.5 Å². The summed E-state index contributed by atoms with van der Waals surface area (Å²) in [6.07, 6.45) is 4.74. The van der Waals surface area contributed by atoms with Crippen LogP contribution in [0.4, 0.5) is 0 Å². The highest BCUT2D eigenvalue weighted by Crippen LogP contribution is 2.27. The van der Waals surface area contributed by atoms with Gasteiger partial charge in [0.2, 0.25) is 0 Å². The lowest BCUT2D eigenvalue weighted by atomic mass is 10.0. The molecule has 0 aliphatic heterocycles. The Bertz CT molecular complexity index is 524. The van der Waals surface area contributed by atoms with Gasteiger partial charge >= 0.3 is 0 Å². The van der Waals surface area contributed by atoms with Crippen molar-refractivity contribution in [1.29, 1.82) is 0 Å². The lowest BCUT2D eigenvalue weighted by molar-refractivity contribution is 0.387. The molecule has 1 unspecified atom stereocenters. The van der Waals surface area contributed by atoms with E-state index in [0.29, 0.717) is 0 Å². The lowest BCUT2D eigenvalue weighted by Crippen LogP contribution is -2.30. The van der Waals surface area contributed by atoms with Gasteiger partial charge in [-0.1, -0.05) is 30.3 Å². The summed E-state index contributed by atoms with van der Waals surface area (Å²) in [4.78, 5) is 0. The molecule has 20 heavy (non-hydrogen) atoms. The van der Waals surface area contributed by atoms with E-state index in [1.54, 1.807) is 13.3 Å². The zero-order valence-corrected chi connectivity index (χ0v) is 12.0.